The van der Waals surface area contributed by atoms with Crippen LogP contribution in [-0.4, -0.2) is 48.3 Å². The maximum Gasteiger partial charge on any atom is 0.269 e. The van der Waals surface area contributed by atoms with Gasteiger partial charge in [0.1, 0.15) is 27.6 Å². The number of halogens is 2. The van der Waals surface area contributed by atoms with Crippen molar-refractivity contribution in [2.45, 2.75) is 58.3 Å². The number of rotatable bonds is 8. The van der Waals surface area contributed by atoms with Gasteiger partial charge in [-0.2, -0.15) is 0 Å². The number of hydrogen-bond acceptors (Lipinski definition) is 9. The number of aliphatic hydroxyl groups excluding tert-OH is 1. The maximum absolute atomic E-state index is 12.9. The largest absolute Gasteiger partial charge is 0.396 e. The van der Waals surface area contributed by atoms with Gasteiger partial charge in [0.2, 0.25) is 5.95 Å². The van der Waals surface area contributed by atoms with Crippen LogP contribution in [-0.2, 0) is 5.41 Å². The summed E-state index contributed by atoms with van der Waals surface area (Å²) in [4.78, 5) is 46.9. The number of carbonyl (C=O) groups is 2. The standard InChI is InChI=1S/C25H26Cl2N6O3S/c1-14(10-17(35)20-19(27)16(30-13-31-20)8-6-5-7-9-34)23-28-12-18(37-23)22(36)33-24-29-11-15(26)21(32-24)25(2,3)4/h11-14,34H,5,7,9-10H2,1-4H3,(H,29,32,33,36). The highest BCUT2D eigenvalue weighted by molar-refractivity contribution is 7.13. The predicted molar refractivity (Wildman–Crippen MR) is 143 cm³/mol. The molecule has 12 heteroatoms. The number of ketones is 1. The number of aromatic nitrogens is 5. The Morgan fingerprint density at radius 2 is 1.92 bits per heavy atom. The summed E-state index contributed by atoms with van der Waals surface area (Å²) in [5, 5.41) is 12.7. The number of carbonyl (C=O) groups excluding carboxylic acids is 2. The van der Waals surface area contributed by atoms with Crippen molar-refractivity contribution >= 4 is 52.2 Å². The fraction of sp³-hybridized carbons (Fsp3) is 0.400. The number of nitrogens with zero attached hydrogens (tertiary/aromatic N) is 5. The zero-order valence-corrected chi connectivity index (χ0v) is 23.1. The third-order valence-corrected chi connectivity index (χ3v) is 6.92. The molecule has 0 saturated carbocycles. The number of aliphatic hydroxyl groups is 1. The molecule has 3 heterocycles. The van der Waals surface area contributed by atoms with E-state index in [1.54, 1.807) is 0 Å². The zero-order valence-electron chi connectivity index (χ0n) is 20.8. The van der Waals surface area contributed by atoms with Crippen molar-refractivity contribution in [1.82, 2.24) is 24.9 Å². The Labute approximate surface area is 229 Å². The first-order valence-electron chi connectivity index (χ1n) is 11.4. The van der Waals surface area contributed by atoms with Crippen LogP contribution in [0.4, 0.5) is 5.95 Å². The summed E-state index contributed by atoms with van der Waals surface area (Å²) in [6.07, 6.45) is 5.26. The fourth-order valence-electron chi connectivity index (χ4n) is 3.16. The molecule has 1 amide bonds. The van der Waals surface area contributed by atoms with Gasteiger partial charge in [0, 0.05) is 30.8 Å². The van der Waals surface area contributed by atoms with Gasteiger partial charge >= 0.3 is 0 Å². The molecule has 0 radical (unpaired) electrons. The van der Waals surface area contributed by atoms with Crippen LogP contribution in [0.1, 0.15) is 89.4 Å². The minimum absolute atomic E-state index is 0.0426. The van der Waals surface area contributed by atoms with Crippen molar-refractivity contribution in [3.63, 3.8) is 0 Å². The minimum atomic E-state index is -0.410. The van der Waals surface area contributed by atoms with Crippen LogP contribution in [0.15, 0.2) is 18.7 Å². The smallest absolute Gasteiger partial charge is 0.269 e. The SMILES string of the molecule is CC(CC(=O)c1ncnc(C#CCCCO)c1Cl)c1ncc(C(=O)Nc2ncc(Cl)c(C(C)(C)C)n2)s1. The molecule has 0 aliphatic carbocycles. The highest BCUT2D eigenvalue weighted by Crippen LogP contribution is 2.29. The molecule has 3 aromatic rings. The van der Waals surface area contributed by atoms with Crippen molar-refractivity contribution in [1.29, 1.82) is 0 Å². The number of amides is 1. The molecule has 0 fully saturated rings. The first kappa shape index (κ1) is 28.6. The van der Waals surface area contributed by atoms with E-state index in [9.17, 15) is 9.59 Å². The first-order chi connectivity index (χ1) is 17.5. The molecule has 0 aliphatic heterocycles. The van der Waals surface area contributed by atoms with Crippen LogP contribution in [0.5, 0.6) is 0 Å². The monoisotopic (exact) mass is 560 g/mol. The van der Waals surface area contributed by atoms with E-state index in [1.165, 1.54) is 30.1 Å². The maximum atomic E-state index is 12.9. The van der Waals surface area contributed by atoms with Crippen LogP contribution in [0, 0.1) is 11.8 Å². The van der Waals surface area contributed by atoms with Crippen LogP contribution in [0.3, 0.4) is 0 Å². The van der Waals surface area contributed by atoms with Gasteiger partial charge in [-0.1, -0.05) is 56.8 Å². The molecular weight excluding hydrogens is 535 g/mol. The van der Waals surface area contributed by atoms with Crippen LogP contribution >= 0.6 is 34.5 Å². The zero-order chi connectivity index (χ0) is 27.2. The number of hydrogen-bond donors (Lipinski definition) is 2. The quantitative estimate of drug-likeness (QED) is 0.221. The highest BCUT2D eigenvalue weighted by Gasteiger charge is 2.23. The Bertz CT molecular complexity index is 1360. The van der Waals surface area contributed by atoms with Crippen molar-refractivity contribution in [3.05, 3.63) is 55.7 Å². The van der Waals surface area contributed by atoms with Gasteiger partial charge in [0.15, 0.2) is 5.78 Å². The fourth-order valence-corrected chi connectivity index (χ4v) is 4.65. The van der Waals surface area contributed by atoms with E-state index >= 15 is 0 Å². The molecule has 0 aromatic carbocycles. The van der Waals surface area contributed by atoms with Gasteiger partial charge in [0.25, 0.3) is 5.91 Å². The topological polar surface area (TPSA) is 131 Å². The molecule has 3 aromatic heterocycles. The van der Waals surface area contributed by atoms with Crippen LogP contribution in [0.2, 0.25) is 10.0 Å². The summed E-state index contributed by atoms with van der Waals surface area (Å²) >= 11 is 13.7. The lowest BCUT2D eigenvalue weighted by atomic mass is 9.92. The Morgan fingerprint density at radius 3 is 2.62 bits per heavy atom. The Kier molecular flexibility index (Phi) is 9.68. The molecule has 1 unspecified atom stereocenters. The van der Waals surface area contributed by atoms with Crippen LogP contribution < -0.4 is 5.32 Å². The van der Waals surface area contributed by atoms with Gasteiger partial charge in [-0.05, 0) is 12.3 Å². The van der Waals surface area contributed by atoms with Gasteiger partial charge < -0.3 is 5.11 Å². The van der Waals surface area contributed by atoms with Crippen molar-refractivity contribution in [2.75, 3.05) is 11.9 Å². The third kappa shape index (κ3) is 7.52. The van der Waals surface area contributed by atoms with Gasteiger partial charge in [-0.25, -0.2) is 24.9 Å². The van der Waals surface area contributed by atoms with Crippen molar-refractivity contribution in [3.8, 4) is 11.8 Å². The summed E-state index contributed by atoms with van der Waals surface area (Å²) in [6, 6.07) is 0. The Balaban J connectivity index is 1.68. The molecule has 0 aliphatic rings. The molecule has 1 atom stereocenters. The second-order valence-corrected chi connectivity index (χ2v) is 11.0. The van der Waals surface area contributed by atoms with Gasteiger partial charge in [0.05, 0.1) is 28.1 Å². The van der Waals surface area contributed by atoms with E-state index in [0.717, 1.165) is 0 Å². The number of thiazole rings is 1. The molecule has 2 N–H and O–H groups in total. The molecule has 37 heavy (non-hydrogen) atoms. The third-order valence-electron chi connectivity index (χ3n) is 5.06. The van der Waals surface area contributed by atoms with E-state index in [0.29, 0.717) is 33.4 Å². The average Bonchev–Trinajstić information content (AvgIpc) is 3.34. The lowest BCUT2D eigenvalue weighted by Crippen LogP contribution is -2.18. The van der Waals surface area contributed by atoms with E-state index < -0.39 is 5.91 Å². The second-order valence-electron chi connectivity index (χ2n) is 9.20. The van der Waals surface area contributed by atoms with Crippen molar-refractivity contribution < 1.29 is 14.7 Å². The average molecular weight is 561 g/mol. The molecule has 0 saturated heterocycles. The highest BCUT2D eigenvalue weighted by atomic mass is 35.5. The predicted octanol–water partition coefficient (Wildman–Crippen LogP) is 5.08. The molecule has 194 valence electrons. The molecule has 0 bridgehead atoms. The van der Waals surface area contributed by atoms with Crippen LogP contribution in [0.25, 0.3) is 0 Å². The summed E-state index contributed by atoms with van der Waals surface area (Å²) < 4.78 is 0. The summed E-state index contributed by atoms with van der Waals surface area (Å²) in [7, 11) is 0. The van der Waals surface area contributed by atoms with Gasteiger partial charge in [-0.3, -0.25) is 14.9 Å². The van der Waals surface area contributed by atoms with E-state index in [4.69, 9.17) is 28.3 Å². The molecule has 9 nitrogen and oxygen atoms in total. The molecular formula is C25H26Cl2N6O3S. The molecule has 3 rings (SSSR count). The number of anilines is 1. The lowest BCUT2D eigenvalue weighted by Gasteiger charge is -2.19. The van der Waals surface area contributed by atoms with E-state index in [1.807, 2.05) is 27.7 Å². The first-order valence-corrected chi connectivity index (χ1v) is 13.0. The number of unbranched alkanes of at least 4 members (excludes halogenated alkanes) is 1. The summed E-state index contributed by atoms with van der Waals surface area (Å²) in [5.74, 6) is 4.83. The minimum Gasteiger partial charge on any atom is -0.396 e. The molecule has 0 spiro atoms. The number of nitrogens with one attached hydrogen (secondary N) is 1. The normalized spacial score (nSPS) is 12.0. The summed E-state index contributed by atoms with van der Waals surface area (Å²) in [6.45, 7) is 7.77. The van der Waals surface area contributed by atoms with E-state index in [2.05, 4.69) is 42.1 Å². The summed E-state index contributed by atoms with van der Waals surface area (Å²) in [5.41, 5.74) is 0.648. The number of Topliss-reactive ketones (excluding diaryl/α,β-unsaturated/α-hetero) is 1. The Hall–Kier alpha value is -2.97. The van der Waals surface area contributed by atoms with E-state index in [-0.39, 0.29) is 52.5 Å². The lowest BCUT2D eigenvalue weighted by molar-refractivity contribution is 0.0969. The van der Waals surface area contributed by atoms with Crippen molar-refractivity contribution in [2.24, 2.45) is 0 Å². The Morgan fingerprint density at radius 1 is 1.16 bits per heavy atom. The second kappa shape index (κ2) is 12.5. The van der Waals surface area contributed by atoms with Gasteiger partial charge in [-0.15, -0.1) is 11.3 Å².